The molecule has 4 heteroatoms. The summed E-state index contributed by atoms with van der Waals surface area (Å²) in [7, 11) is 1.68. The van der Waals surface area contributed by atoms with Crippen LogP contribution in [0.3, 0.4) is 0 Å². The van der Waals surface area contributed by atoms with Crippen LogP contribution in [0.5, 0.6) is 0 Å². The number of aryl methyl sites for hydroxylation is 1. The maximum atomic E-state index is 10.8. The molecule has 0 aromatic heterocycles. The van der Waals surface area contributed by atoms with E-state index in [0.717, 1.165) is 23.1 Å². The zero-order valence-electron chi connectivity index (χ0n) is 10.6. The fourth-order valence-corrected chi connectivity index (χ4v) is 1.65. The summed E-state index contributed by atoms with van der Waals surface area (Å²) >= 11 is 0. The average Bonchev–Trinajstić information content (AvgIpc) is 2.34. The molecule has 17 heavy (non-hydrogen) atoms. The number of carbonyl (C=O) groups excluding carboxylic acids is 1. The van der Waals surface area contributed by atoms with Crippen molar-refractivity contribution in [2.45, 2.75) is 26.8 Å². The number of hydrogen-bond donors (Lipinski definition) is 2. The second-order valence-corrected chi connectivity index (χ2v) is 3.86. The van der Waals surface area contributed by atoms with E-state index in [1.165, 1.54) is 6.92 Å². The first-order valence-corrected chi connectivity index (χ1v) is 5.67. The normalized spacial score (nSPS) is 11.4. The van der Waals surface area contributed by atoms with Gasteiger partial charge in [-0.3, -0.25) is 9.79 Å². The second kappa shape index (κ2) is 6.03. The van der Waals surface area contributed by atoms with Crippen LogP contribution in [0.25, 0.3) is 0 Å². The summed E-state index contributed by atoms with van der Waals surface area (Å²) in [6.45, 7) is 4.13. The smallest absolute Gasteiger partial charge is 0.217 e. The molecule has 0 unspecified atom stereocenters. The van der Waals surface area contributed by atoms with Crippen LogP contribution >= 0.6 is 0 Å². The number of nitrogens with zero attached hydrogens (tertiary/aromatic N) is 1. The van der Waals surface area contributed by atoms with Gasteiger partial charge in [-0.2, -0.15) is 0 Å². The standard InChI is InChI=1S/C13H19N3O/c1-4-11-7-10(8-16-9(2)17)5-6-12(11)13(14)15-3/h5-7H,4,8H2,1-3H3,(H2,14,15)(H,16,17). The van der Waals surface area contributed by atoms with E-state index in [1.54, 1.807) is 7.05 Å². The van der Waals surface area contributed by atoms with E-state index in [4.69, 9.17) is 5.73 Å². The number of carbonyl (C=O) groups is 1. The Morgan fingerprint density at radius 1 is 1.47 bits per heavy atom. The van der Waals surface area contributed by atoms with E-state index in [9.17, 15) is 4.79 Å². The van der Waals surface area contributed by atoms with Crippen LogP contribution in [-0.2, 0) is 17.8 Å². The van der Waals surface area contributed by atoms with Gasteiger partial charge in [0.25, 0.3) is 0 Å². The average molecular weight is 233 g/mol. The molecule has 0 saturated heterocycles. The van der Waals surface area contributed by atoms with E-state index in [1.807, 2.05) is 12.1 Å². The lowest BCUT2D eigenvalue weighted by Crippen LogP contribution is -2.20. The summed E-state index contributed by atoms with van der Waals surface area (Å²) in [4.78, 5) is 14.8. The maximum absolute atomic E-state index is 10.8. The zero-order valence-corrected chi connectivity index (χ0v) is 10.6. The molecule has 1 aromatic carbocycles. The second-order valence-electron chi connectivity index (χ2n) is 3.86. The number of benzene rings is 1. The van der Waals surface area contributed by atoms with Gasteiger partial charge in [0.2, 0.25) is 5.91 Å². The summed E-state index contributed by atoms with van der Waals surface area (Å²) in [5.74, 6) is 0.523. The largest absolute Gasteiger partial charge is 0.384 e. The Bertz CT molecular complexity index is 438. The molecule has 1 rings (SSSR count). The van der Waals surface area contributed by atoms with Crippen molar-refractivity contribution in [1.29, 1.82) is 0 Å². The van der Waals surface area contributed by atoms with E-state index in [2.05, 4.69) is 23.3 Å². The molecule has 0 atom stereocenters. The Morgan fingerprint density at radius 2 is 2.18 bits per heavy atom. The molecule has 1 amide bonds. The van der Waals surface area contributed by atoms with Gasteiger partial charge in [0.05, 0.1) is 0 Å². The third-order valence-electron chi connectivity index (χ3n) is 2.61. The highest BCUT2D eigenvalue weighted by molar-refractivity contribution is 5.98. The van der Waals surface area contributed by atoms with Crippen LogP contribution in [0.15, 0.2) is 23.2 Å². The molecule has 0 aliphatic carbocycles. The summed E-state index contributed by atoms with van der Waals surface area (Å²) in [6, 6.07) is 5.98. The number of hydrogen-bond acceptors (Lipinski definition) is 2. The Kier molecular flexibility index (Phi) is 4.69. The van der Waals surface area contributed by atoms with Crippen LogP contribution in [0.4, 0.5) is 0 Å². The van der Waals surface area contributed by atoms with Crippen molar-refractivity contribution in [2.24, 2.45) is 10.7 Å². The lowest BCUT2D eigenvalue weighted by atomic mass is 10.0. The van der Waals surface area contributed by atoms with Crippen LogP contribution < -0.4 is 11.1 Å². The Labute approximate surface area is 102 Å². The quantitative estimate of drug-likeness (QED) is 0.606. The highest BCUT2D eigenvalue weighted by Gasteiger charge is 2.05. The van der Waals surface area contributed by atoms with Crippen molar-refractivity contribution in [2.75, 3.05) is 7.05 Å². The first-order chi connectivity index (χ1) is 8.08. The van der Waals surface area contributed by atoms with E-state index >= 15 is 0 Å². The van der Waals surface area contributed by atoms with Crippen molar-refractivity contribution >= 4 is 11.7 Å². The monoisotopic (exact) mass is 233 g/mol. The third kappa shape index (κ3) is 3.59. The third-order valence-corrected chi connectivity index (χ3v) is 2.61. The van der Waals surface area contributed by atoms with Crippen LogP contribution in [0.1, 0.15) is 30.5 Å². The van der Waals surface area contributed by atoms with Gasteiger partial charge in [-0.05, 0) is 17.5 Å². The molecule has 0 aliphatic heterocycles. The minimum absolute atomic E-state index is 0.0261. The number of rotatable bonds is 4. The number of amides is 1. The van der Waals surface area contributed by atoms with Crippen molar-refractivity contribution < 1.29 is 4.79 Å². The van der Waals surface area contributed by atoms with Gasteiger partial charge in [0, 0.05) is 26.1 Å². The molecule has 0 heterocycles. The minimum atomic E-state index is -0.0261. The predicted octanol–water partition coefficient (Wildman–Crippen LogP) is 1.22. The van der Waals surface area contributed by atoms with Crippen LogP contribution in [-0.4, -0.2) is 18.8 Å². The topological polar surface area (TPSA) is 67.5 Å². The molecule has 4 nitrogen and oxygen atoms in total. The lowest BCUT2D eigenvalue weighted by Gasteiger charge is -2.10. The minimum Gasteiger partial charge on any atom is -0.384 e. The Hall–Kier alpha value is -1.84. The molecule has 1 aromatic rings. The summed E-state index contributed by atoms with van der Waals surface area (Å²) < 4.78 is 0. The number of nitrogens with two attached hydrogens (primary N) is 1. The van der Waals surface area contributed by atoms with Gasteiger partial charge in [-0.1, -0.05) is 25.1 Å². The van der Waals surface area contributed by atoms with Gasteiger partial charge in [-0.25, -0.2) is 0 Å². The maximum Gasteiger partial charge on any atom is 0.217 e. The van der Waals surface area contributed by atoms with E-state index in [0.29, 0.717) is 12.4 Å². The van der Waals surface area contributed by atoms with Gasteiger partial charge in [0.1, 0.15) is 5.84 Å². The highest BCUT2D eigenvalue weighted by Crippen LogP contribution is 2.13. The fraction of sp³-hybridized carbons (Fsp3) is 0.385. The van der Waals surface area contributed by atoms with E-state index < -0.39 is 0 Å². The summed E-state index contributed by atoms with van der Waals surface area (Å²) in [6.07, 6.45) is 0.888. The lowest BCUT2D eigenvalue weighted by molar-refractivity contribution is -0.119. The predicted molar refractivity (Wildman–Crippen MR) is 70.0 cm³/mol. The zero-order chi connectivity index (χ0) is 12.8. The molecule has 92 valence electrons. The van der Waals surface area contributed by atoms with Crippen molar-refractivity contribution in [1.82, 2.24) is 5.32 Å². The SMILES string of the molecule is CCc1cc(CNC(C)=O)ccc1C(N)=NC. The highest BCUT2D eigenvalue weighted by atomic mass is 16.1. The first-order valence-electron chi connectivity index (χ1n) is 5.67. The fourth-order valence-electron chi connectivity index (χ4n) is 1.65. The molecule has 0 radical (unpaired) electrons. The first kappa shape index (κ1) is 13.2. The van der Waals surface area contributed by atoms with Crippen LogP contribution in [0.2, 0.25) is 0 Å². The summed E-state index contributed by atoms with van der Waals surface area (Å²) in [5, 5.41) is 2.78. The molecule has 0 bridgehead atoms. The van der Waals surface area contributed by atoms with Gasteiger partial charge >= 0.3 is 0 Å². The molecule has 0 aliphatic rings. The van der Waals surface area contributed by atoms with Crippen LogP contribution in [0, 0.1) is 0 Å². The van der Waals surface area contributed by atoms with Gasteiger partial charge in [-0.15, -0.1) is 0 Å². The van der Waals surface area contributed by atoms with Crippen molar-refractivity contribution in [3.05, 3.63) is 34.9 Å². The van der Waals surface area contributed by atoms with E-state index in [-0.39, 0.29) is 5.91 Å². The Morgan fingerprint density at radius 3 is 2.71 bits per heavy atom. The molecular formula is C13H19N3O. The van der Waals surface area contributed by atoms with Crippen molar-refractivity contribution in [3.63, 3.8) is 0 Å². The van der Waals surface area contributed by atoms with Crippen molar-refractivity contribution in [3.8, 4) is 0 Å². The Balaban J connectivity index is 2.96. The number of aliphatic imine (C=N–C) groups is 1. The van der Waals surface area contributed by atoms with Gasteiger partial charge < -0.3 is 11.1 Å². The molecule has 0 saturated carbocycles. The van der Waals surface area contributed by atoms with Gasteiger partial charge in [0.15, 0.2) is 0 Å². The summed E-state index contributed by atoms with van der Waals surface area (Å²) in [5.41, 5.74) is 9.02. The number of amidine groups is 1. The molecule has 0 fully saturated rings. The number of nitrogens with one attached hydrogen (secondary N) is 1. The molecular weight excluding hydrogens is 214 g/mol. The molecule has 0 spiro atoms. The molecule has 3 N–H and O–H groups in total.